The molecule has 1 aromatic carbocycles. The predicted octanol–water partition coefficient (Wildman–Crippen LogP) is 2.04. The average Bonchev–Trinajstić information content (AvgIpc) is 2.17. The monoisotopic (exact) mass is 196 g/mol. The van der Waals surface area contributed by atoms with E-state index in [-0.39, 0.29) is 5.97 Å². The minimum atomic E-state index is -0.107. The molecule has 1 rings (SSSR count). The van der Waals surface area contributed by atoms with E-state index in [1.165, 1.54) is 0 Å². The van der Waals surface area contributed by atoms with Gasteiger partial charge in [-0.1, -0.05) is 30.3 Å². The Morgan fingerprint density at radius 1 is 1.38 bits per heavy atom. The van der Waals surface area contributed by atoms with Crippen LogP contribution < -0.4 is 0 Å². The van der Waals surface area contributed by atoms with Crippen LogP contribution in [0.3, 0.4) is 0 Å². The lowest BCUT2D eigenvalue weighted by Gasteiger charge is -2.02. The molecule has 0 N–H and O–H groups in total. The lowest BCUT2D eigenvalue weighted by molar-refractivity contribution is -0.141. The fourth-order valence-corrected chi connectivity index (χ4v) is 1.32. The van der Waals surface area contributed by atoms with Gasteiger partial charge in [-0.15, -0.1) is 8.58 Å². The van der Waals surface area contributed by atoms with Crippen LogP contribution in [0.4, 0.5) is 0 Å². The van der Waals surface area contributed by atoms with Crippen molar-refractivity contribution in [2.45, 2.75) is 6.61 Å². The number of hydrogen-bond donors (Lipinski definition) is 0. The van der Waals surface area contributed by atoms with Gasteiger partial charge >= 0.3 is 5.97 Å². The number of carbonyl (C=O) groups is 1. The van der Waals surface area contributed by atoms with Gasteiger partial charge in [-0.3, -0.25) is 4.79 Å². The van der Waals surface area contributed by atoms with Crippen molar-refractivity contribution in [3.05, 3.63) is 35.9 Å². The molecule has 3 heteroatoms. The van der Waals surface area contributed by atoms with Gasteiger partial charge in [-0.05, 0) is 12.2 Å². The summed E-state index contributed by atoms with van der Waals surface area (Å²) >= 11 is 0. The third kappa shape index (κ3) is 4.05. The smallest absolute Gasteiger partial charge is 0.310 e. The van der Waals surface area contributed by atoms with Crippen LogP contribution in [0.25, 0.3) is 0 Å². The number of carbonyl (C=O) groups excluding carboxylic acids is 1. The Labute approximate surface area is 80.1 Å². The first-order chi connectivity index (χ1) is 6.33. The second-order valence-corrected chi connectivity index (χ2v) is 3.74. The van der Waals surface area contributed by atoms with Gasteiger partial charge in [0.05, 0.1) is 6.16 Å². The van der Waals surface area contributed by atoms with Crippen molar-refractivity contribution in [1.82, 2.24) is 0 Å². The summed E-state index contributed by atoms with van der Waals surface area (Å²) in [5, 5.41) is 0. The average molecular weight is 196 g/mol. The van der Waals surface area contributed by atoms with Gasteiger partial charge in [-0.2, -0.15) is 0 Å². The largest absolute Gasteiger partial charge is 0.461 e. The molecule has 1 unspecified atom stereocenters. The summed E-state index contributed by atoms with van der Waals surface area (Å²) in [6.07, 6.45) is 0.535. The molecular formula is C10H13O2P. The Hall–Kier alpha value is -0.880. The molecule has 2 nitrogen and oxygen atoms in total. The van der Waals surface area contributed by atoms with E-state index in [2.05, 4.69) is 0 Å². The summed E-state index contributed by atoms with van der Waals surface area (Å²) in [6.45, 7) is 2.38. The zero-order valence-corrected chi connectivity index (χ0v) is 8.62. The summed E-state index contributed by atoms with van der Waals surface area (Å²) in [5.41, 5.74) is 1.04. The molecule has 13 heavy (non-hydrogen) atoms. The zero-order valence-electron chi connectivity index (χ0n) is 7.62. The van der Waals surface area contributed by atoms with E-state index in [1.807, 2.05) is 37.0 Å². The maximum absolute atomic E-state index is 11.0. The molecule has 1 aromatic rings. The van der Waals surface area contributed by atoms with E-state index >= 15 is 0 Å². The molecule has 0 fully saturated rings. The topological polar surface area (TPSA) is 26.3 Å². The van der Waals surface area contributed by atoms with Crippen molar-refractivity contribution in [1.29, 1.82) is 0 Å². The first-order valence-corrected chi connectivity index (χ1v) is 5.88. The van der Waals surface area contributed by atoms with Crippen LogP contribution >= 0.6 is 8.58 Å². The normalized spacial score (nSPS) is 10.5. The SMILES string of the molecule is CPCC(=O)OCc1ccccc1. The molecule has 0 aliphatic carbocycles. The summed E-state index contributed by atoms with van der Waals surface area (Å²) in [4.78, 5) is 11.0. The lowest BCUT2D eigenvalue weighted by Crippen LogP contribution is -2.05. The first-order valence-electron chi connectivity index (χ1n) is 4.17. The Balaban J connectivity index is 2.31. The quantitative estimate of drug-likeness (QED) is 0.544. The van der Waals surface area contributed by atoms with Crippen LogP contribution in [0.1, 0.15) is 5.56 Å². The molecule has 0 radical (unpaired) electrons. The third-order valence-electron chi connectivity index (χ3n) is 1.56. The summed E-state index contributed by atoms with van der Waals surface area (Å²) in [7, 11) is 0.631. The molecule has 0 saturated heterocycles. The van der Waals surface area contributed by atoms with E-state index < -0.39 is 0 Å². The van der Waals surface area contributed by atoms with Crippen LogP contribution in [0.2, 0.25) is 0 Å². The van der Waals surface area contributed by atoms with E-state index in [9.17, 15) is 4.79 Å². The van der Waals surface area contributed by atoms with Gasteiger partial charge in [0.2, 0.25) is 0 Å². The third-order valence-corrected chi connectivity index (χ3v) is 2.21. The van der Waals surface area contributed by atoms with Gasteiger partial charge in [0.25, 0.3) is 0 Å². The molecule has 0 heterocycles. The molecule has 0 amide bonds. The number of rotatable bonds is 4. The fraction of sp³-hybridized carbons (Fsp3) is 0.300. The van der Waals surface area contributed by atoms with Crippen molar-refractivity contribution < 1.29 is 9.53 Å². The maximum atomic E-state index is 11.0. The van der Waals surface area contributed by atoms with Gasteiger partial charge in [0.15, 0.2) is 0 Å². The summed E-state index contributed by atoms with van der Waals surface area (Å²) in [6, 6.07) is 9.71. The van der Waals surface area contributed by atoms with Gasteiger partial charge in [-0.25, -0.2) is 0 Å². The van der Waals surface area contributed by atoms with Gasteiger partial charge < -0.3 is 4.74 Å². The maximum Gasteiger partial charge on any atom is 0.310 e. The van der Waals surface area contributed by atoms with Crippen LogP contribution in [0.15, 0.2) is 30.3 Å². The lowest BCUT2D eigenvalue weighted by atomic mass is 10.2. The Kier molecular flexibility index (Phi) is 4.48. The van der Waals surface area contributed by atoms with E-state index in [0.29, 0.717) is 21.3 Å². The minimum Gasteiger partial charge on any atom is -0.461 e. The molecule has 70 valence electrons. The van der Waals surface area contributed by atoms with Crippen molar-refractivity contribution in [3.8, 4) is 0 Å². The second-order valence-electron chi connectivity index (χ2n) is 2.68. The highest BCUT2D eigenvalue weighted by Gasteiger charge is 2.00. The number of esters is 1. The van der Waals surface area contributed by atoms with Crippen molar-refractivity contribution in [2.75, 3.05) is 12.8 Å². The second kappa shape index (κ2) is 5.71. The number of ether oxygens (including phenoxy) is 1. The number of hydrogen-bond acceptors (Lipinski definition) is 2. The zero-order chi connectivity index (χ0) is 9.52. The van der Waals surface area contributed by atoms with E-state index in [4.69, 9.17) is 4.74 Å². The molecule has 0 aliphatic heterocycles. The molecular weight excluding hydrogens is 183 g/mol. The Morgan fingerprint density at radius 2 is 2.08 bits per heavy atom. The van der Waals surface area contributed by atoms with Gasteiger partial charge in [0.1, 0.15) is 6.61 Å². The molecule has 0 aliphatic rings. The van der Waals surface area contributed by atoms with Gasteiger partial charge in [0, 0.05) is 0 Å². The predicted molar refractivity (Wildman–Crippen MR) is 55.3 cm³/mol. The van der Waals surface area contributed by atoms with E-state index in [0.717, 1.165) is 5.56 Å². The van der Waals surface area contributed by atoms with Crippen LogP contribution in [0.5, 0.6) is 0 Å². The van der Waals surface area contributed by atoms with E-state index in [1.54, 1.807) is 0 Å². The molecule has 0 saturated carbocycles. The fourth-order valence-electron chi connectivity index (χ4n) is 0.933. The van der Waals surface area contributed by atoms with Crippen LogP contribution in [0, 0.1) is 0 Å². The number of benzene rings is 1. The molecule has 0 aromatic heterocycles. The summed E-state index contributed by atoms with van der Waals surface area (Å²) in [5.74, 6) is -0.107. The summed E-state index contributed by atoms with van der Waals surface area (Å²) < 4.78 is 5.04. The highest BCUT2D eigenvalue weighted by Crippen LogP contribution is 2.05. The molecule has 1 atom stereocenters. The minimum absolute atomic E-state index is 0.107. The van der Waals surface area contributed by atoms with Crippen molar-refractivity contribution >= 4 is 14.6 Å². The highest BCUT2D eigenvalue weighted by atomic mass is 31.1. The molecule has 0 bridgehead atoms. The Morgan fingerprint density at radius 3 is 2.69 bits per heavy atom. The Bertz CT molecular complexity index is 259. The van der Waals surface area contributed by atoms with Crippen molar-refractivity contribution in [2.24, 2.45) is 0 Å². The first kappa shape index (κ1) is 10.2. The van der Waals surface area contributed by atoms with Crippen LogP contribution in [-0.2, 0) is 16.1 Å². The standard InChI is InChI=1S/C10H13O2P/c1-13-8-10(11)12-7-9-5-3-2-4-6-9/h2-6,13H,7-8H2,1H3. The van der Waals surface area contributed by atoms with Crippen molar-refractivity contribution in [3.63, 3.8) is 0 Å². The van der Waals surface area contributed by atoms with Crippen LogP contribution in [-0.4, -0.2) is 18.8 Å². The highest BCUT2D eigenvalue weighted by molar-refractivity contribution is 7.38. The molecule has 0 spiro atoms.